The van der Waals surface area contributed by atoms with Gasteiger partial charge in [-0.3, -0.25) is 0 Å². The van der Waals surface area contributed by atoms with Crippen LogP contribution in [0.5, 0.6) is 0 Å². The predicted octanol–water partition coefficient (Wildman–Crippen LogP) is 0.662. The van der Waals surface area contributed by atoms with Crippen molar-refractivity contribution in [3.05, 3.63) is 0 Å². The van der Waals surface area contributed by atoms with Crippen molar-refractivity contribution in [2.24, 2.45) is 0 Å². The molecule has 0 amide bonds. The van der Waals surface area contributed by atoms with Gasteiger partial charge in [-0.25, -0.2) is 0 Å². The maximum Gasteiger partial charge on any atom is 0.0437 e. The average molecular weight is 193 g/mol. The topological polar surface area (TPSA) is 9.23 Å². The number of ether oxygens (including phenoxy) is 1. The molecule has 2 heteroatoms. The first kappa shape index (κ1) is 9.90. The zero-order valence-electron chi connectivity index (χ0n) is 4.32. The van der Waals surface area contributed by atoms with Gasteiger partial charge in [0.2, 0.25) is 0 Å². The van der Waals surface area contributed by atoms with Crippen molar-refractivity contribution in [3.8, 4) is 0 Å². The fraction of sp³-hybridized carbons (Fsp3) is 1.00. The second-order valence-electron chi connectivity index (χ2n) is 0.781. The Morgan fingerprint density at radius 3 is 1.50 bits per heavy atom. The third-order valence-electron chi connectivity index (χ3n) is 0.408. The van der Waals surface area contributed by atoms with Crippen molar-refractivity contribution in [2.75, 3.05) is 13.2 Å². The third-order valence-corrected chi connectivity index (χ3v) is 0.408. The van der Waals surface area contributed by atoms with Crippen molar-refractivity contribution < 1.29 is 4.74 Å². The molecule has 0 bridgehead atoms. The molecule has 0 aromatic carbocycles. The molecular formula is C4H10OSn. The van der Waals surface area contributed by atoms with Crippen LogP contribution in [-0.2, 0) is 4.74 Å². The summed E-state index contributed by atoms with van der Waals surface area (Å²) in [6.45, 7) is 5.67. The van der Waals surface area contributed by atoms with Crippen molar-refractivity contribution in [1.29, 1.82) is 0 Å². The largest absolute Gasteiger partial charge is 0.382 e. The van der Waals surface area contributed by atoms with E-state index >= 15 is 0 Å². The maximum absolute atomic E-state index is 4.83. The summed E-state index contributed by atoms with van der Waals surface area (Å²) < 4.78 is 4.83. The predicted molar refractivity (Wildman–Crippen MR) is 27.9 cm³/mol. The van der Waals surface area contributed by atoms with Crippen LogP contribution in [0.25, 0.3) is 0 Å². The Hall–Kier alpha value is 0.759. The Kier molecular flexibility index (Phi) is 15.2. The molecule has 0 aliphatic heterocycles. The molecular weight excluding hydrogens is 183 g/mol. The van der Waals surface area contributed by atoms with Crippen molar-refractivity contribution in [3.63, 3.8) is 0 Å². The van der Waals surface area contributed by atoms with Gasteiger partial charge in [0, 0.05) is 37.1 Å². The van der Waals surface area contributed by atoms with E-state index in [2.05, 4.69) is 0 Å². The Balaban J connectivity index is 0. The molecule has 0 aromatic heterocycles. The molecule has 0 aliphatic rings. The van der Waals surface area contributed by atoms with E-state index in [1.54, 1.807) is 0 Å². The van der Waals surface area contributed by atoms with Crippen molar-refractivity contribution >= 4 is 23.9 Å². The molecule has 6 heavy (non-hydrogen) atoms. The minimum atomic E-state index is 0. The quantitative estimate of drug-likeness (QED) is 0.585. The van der Waals surface area contributed by atoms with Gasteiger partial charge in [0.25, 0.3) is 0 Å². The van der Waals surface area contributed by atoms with Gasteiger partial charge >= 0.3 is 0 Å². The standard InChI is InChI=1S/C4H10O.Sn/c1-3-5-4-2;/h3-4H2,1-2H3;. The molecule has 0 aliphatic carbocycles. The Morgan fingerprint density at radius 2 is 1.50 bits per heavy atom. The molecule has 1 nitrogen and oxygen atoms in total. The summed E-state index contributed by atoms with van der Waals surface area (Å²) in [6, 6.07) is 0. The first-order valence-corrected chi connectivity index (χ1v) is 1.99. The molecule has 0 atom stereocenters. The van der Waals surface area contributed by atoms with Gasteiger partial charge in [0.05, 0.1) is 0 Å². The molecule has 36 valence electrons. The molecule has 4 radical (unpaired) electrons. The molecule has 0 saturated heterocycles. The molecule has 0 aromatic rings. The van der Waals surface area contributed by atoms with Crippen molar-refractivity contribution in [2.45, 2.75) is 13.8 Å². The minimum Gasteiger partial charge on any atom is -0.382 e. The second-order valence-corrected chi connectivity index (χ2v) is 0.781. The summed E-state index contributed by atoms with van der Waals surface area (Å²) >= 11 is 0. The molecule has 0 spiro atoms. The third kappa shape index (κ3) is 8.83. The van der Waals surface area contributed by atoms with Gasteiger partial charge in [-0.05, 0) is 13.8 Å². The van der Waals surface area contributed by atoms with E-state index in [1.165, 1.54) is 0 Å². The van der Waals surface area contributed by atoms with E-state index in [0.717, 1.165) is 13.2 Å². The van der Waals surface area contributed by atoms with Crippen LogP contribution in [0.15, 0.2) is 0 Å². The zero-order valence-corrected chi connectivity index (χ0v) is 7.18. The number of rotatable bonds is 2. The summed E-state index contributed by atoms with van der Waals surface area (Å²) in [7, 11) is 0. The molecule has 0 rings (SSSR count). The van der Waals surface area contributed by atoms with E-state index in [-0.39, 0.29) is 23.9 Å². The SMILES string of the molecule is CCOCC.[Sn]. The summed E-state index contributed by atoms with van der Waals surface area (Å²) in [5.41, 5.74) is 0. The van der Waals surface area contributed by atoms with Crippen LogP contribution < -0.4 is 0 Å². The van der Waals surface area contributed by atoms with Crippen LogP contribution in [0.3, 0.4) is 0 Å². The van der Waals surface area contributed by atoms with E-state index in [4.69, 9.17) is 4.74 Å². The van der Waals surface area contributed by atoms with Gasteiger partial charge in [0.1, 0.15) is 0 Å². The van der Waals surface area contributed by atoms with Crippen LogP contribution >= 0.6 is 0 Å². The fourth-order valence-electron chi connectivity index (χ4n) is 0.204. The normalized spacial score (nSPS) is 7.00. The molecule has 0 unspecified atom stereocenters. The number of hydrogen-bond acceptors (Lipinski definition) is 1. The smallest absolute Gasteiger partial charge is 0.0437 e. The molecule has 0 fully saturated rings. The Labute approximate surface area is 56.0 Å². The van der Waals surface area contributed by atoms with E-state index in [9.17, 15) is 0 Å². The van der Waals surface area contributed by atoms with Crippen LogP contribution in [0.1, 0.15) is 13.8 Å². The maximum atomic E-state index is 4.83. The Morgan fingerprint density at radius 1 is 1.17 bits per heavy atom. The van der Waals surface area contributed by atoms with Crippen LogP contribution in [-0.4, -0.2) is 37.1 Å². The molecule has 0 heterocycles. The monoisotopic (exact) mass is 194 g/mol. The summed E-state index contributed by atoms with van der Waals surface area (Å²) in [4.78, 5) is 0. The van der Waals surface area contributed by atoms with Crippen LogP contribution in [0.2, 0.25) is 0 Å². The molecule has 0 saturated carbocycles. The first-order valence-electron chi connectivity index (χ1n) is 1.99. The summed E-state index contributed by atoms with van der Waals surface area (Å²) in [5, 5.41) is 0. The zero-order chi connectivity index (χ0) is 4.12. The van der Waals surface area contributed by atoms with Gasteiger partial charge in [0.15, 0.2) is 0 Å². The minimum absolute atomic E-state index is 0. The summed E-state index contributed by atoms with van der Waals surface area (Å²) in [5.74, 6) is 0. The van der Waals surface area contributed by atoms with Gasteiger partial charge < -0.3 is 4.74 Å². The second kappa shape index (κ2) is 9.23. The Bertz CT molecular complexity index is 15.0. The van der Waals surface area contributed by atoms with Crippen LogP contribution in [0, 0.1) is 0 Å². The van der Waals surface area contributed by atoms with Gasteiger partial charge in [-0.2, -0.15) is 0 Å². The van der Waals surface area contributed by atoms with Gasteiger partial charge in [-0.1, -0.05) is 0 Å². The summed E-state index contributed by atoms with van der Waals surface area (Å²) in [6.07, 6.45) is 0. The number of hydrogen-bond donors (Lipinski definition) is 0. The van der Waals surface area contributed by atoms with E-state index in [0.29, 0.717) is 0 Å². The van der Waals surface area contributed by atoms with Crippen molar-refractivity contribution in [1.82, 2.24) is 0 Å². The van der Waals surface area contributed by atoms with E-state index < -0.39 is 0 Å². The molecule has 0 N–H and O–H groups in total. The average Bonchev–Trinajstić information content (AvgIpc) is 1.41. The fourth-order valence-corrected chi connectivity index (χ4v) is 0.204. The first-order chi connectivity index (χ1) is 2.41. The van der Waals surface area contributed by atoms with E-state index in [1.807, 2.05) is 13.8 Å². The van der Waals surface area contributed by atoms with Gasteiger partial charge in [-0.15, -0.1) is 0 Å². The van der Waals surface area contributed by atoms with Crippen LogP contribution in [0.4, 0.5) is 0 Å².